The van der Waals surface area contributed by atoms with Crippen molar-refractivity contribution in [1.29, 1.82) is 0 Å². The van der Waals surface area contributed by atoms with Gasteiger partial charge in [-0.05, 0) is 41.2 Å². The molecular weight excluding hydrogens is 445 g/mol. The molecule has 0 amide bonds. The minimum Gasteiger partial charge on any atom is -0.496 e. The number of alkyl halides is 3. The first-order chi connectivity index (χ1) is 15.6. The van der Waals surface area contributed by atoms with Crippen LogP contribution in [0.2, 0.25) is 0 Å². The summed E-state index contributed by atoms with van der Waals surface area (Å²) in [6, 6.07) is 8.41. The van der Waals surface area contributed by atoms with Gasteiger partial charge in [-0.1, -0.05) is 18.2 Å². The second-order valence-electron chi connectivity index (χ2n) is 8.28. The van der Waals surface area contributed by atoms with Gasteiger partial charge in [-0.25, -0.2) is 0 Å². The number of aliphatic hydroxyl groups is 4. The molecule has 0 saturated carbocycles. The fourth-order valence-electron chi connectivity index (χ4n) is 4.33. The molecule has 1 aliphatic carbocycles. The quantitative estimate of drug-likeness (QED) is 0.510. The van der Waals surface area contributed by atoms with Crippen molar-refractivity contribution < 1.29 is 47.8 Å². The lowest BCUT2D eigenvalue weighted by atomic mass is 9.85. The van der Waals surface area contributed by atoms with Gasteiger partial charge in [0, 0.05) is 18.1 Å². The second kappa shape index (κ2) is 9.11. The van der Waals surface area contributed by atoms with E-state index in [9.17, 15) is 33.6 Å². The fourth-order valence-corrected chi connectivity index (χ4v) is 4.33. The fraction of sp³-hybridized carbons (Fsp3) is 0.478. The number of benzene rings is 2. The molecule has 10 heteroatoms. The van der Waals surface area contributed by atoms with Crippen molar-refractivity contribution in [2.75, 3.05) is 13.7 Å². The lowest BCUT2D eigenvalue weighted by Gasteiger charge is -2.40. The Morgan fingerprint density at radius 2 is 1.70 bits per heavy atom. The molecule has 33 heavy (non-hydrogen) atoms. The number of hydrogen-bond donors (Lipinski definition) is 4. The molecule has 0 bridgehead atoms. The van der Waals surface area contributed by atoms with E-state index in [1.807, 2.05) is 18.2 Å². The van der Waals surface area contributed by atoms with Gasteiger partial charge in [0.1, 0.15) is 42.0 Å². The highest BCUT2D eigenvalue weighted by Crippen LogP contribution is 2.42. The number of methoxy groups -OCH3 is 1. The summed E-state index contributed by atoms with van der Waals surface area (Å²) < 4.78 is 54.4. The zero-order chi connectivity index (χ0) is 23.9. The SMILES string of the molecule is COc1cc(OC(F)(F)F)c([C@@H]2O[C@H](CO)[C@@H](O)[C@H](O)[C@H]2O)cc1Cc1ccc2c(c1)CC2. The molecule has 1 heterocycles. The van der Waals surface area contributed by atoms with E-state index in [0.29, 0.717) is 12.0 Å². The molecule has 1 fully saturated rings. The summed E-state index contributed by atoms with van der Waals surface area (Å²) >= 11 is 0. The van der Waals surface area contributed by atoms with Crippen LogP contribution in [0.4, 0.5) is 13.2 Å². The second-order valence-corrected chi connectivity index (χ2v) is 8.28. The van der Waals surface area contributed by atoms with Crippen LogP contribution in [0.25, 0.3) is 0 Å². The Bertz CT molecular complexity index is 1010. The van der Waals surface area contributed by atoms with Crippen LogP contribution in [-0.2, 0) is 24.0 Å². The Hall–Kier alpha value is -2.37. The number of halogens is 3. The topological polar surface area (TPSA) is 109 Å². The number of hydrogen-bond acceptors (Lipinski definition) is 7. The molecule has 4 rings (SSSR count). The minimum atomic E-state index is -5.04. The average molecular weight is 470 g/mol. The van der Waals surface area contributed by atoms with Gasteiger partial charge >= 0.3 is 6.36 Å². The van der Waals surface area contributed by atoms with Crippen molar-refractivity contribution in [2.24, 2.45) is 0 Å². The minimum absolute atomic E-state index is 0.144. The van der Waals surface area contributed by atoms with Crippen LogP contribution >= 0.6 is 0 Å². The smallest absolute Gasteiger partial charge is 0.496 e. The maximum Gasteiger partial charge on any atom is 0.573 e. The number of rotatable bonds is 6. The normalized spacial score (nSPS) is 27.0. The average Bonchev–Trinajstić information content (AvgIpc) is 2.74. The zero-order valence-corrected chi connectivity index (χ0v) is 17.7. The van der Waals surface area contributed by atoms with Crippen LogP contribution in [0, 0.1) is 0 Å². The first-order valence-corrected chi connectivity index (χ1v) is 10.5. The summed E-state index contributed by atoms with van der Waals surface area (Å²) in [4.78, 5) is 0. The predicted octanol–water partition coefficient (Wildman–Crippen LogP) is 1.80. The Balaban J connectivity index is 1.77. The number of fused-ring (bicyclic) bond motifs is 1. The summed E-state index contributed by atoms with van der Waals surface area (Å²) in [6.07, 6.45) is -10.7. The summed E-state index contributed by atoms with van der Waals surface area (Å²) in [6.45, 7) is -0.713. The summed E-state index contributed by atoms with van der Waals surface area (Å²) in [5, 5.41) is 40.1. The molecule has 180 valence electrons. The van der Waals surface area contributed by atoms with Gasteiger partial charge in [0.05, 0.1) is 13.7 Å². The van der Waals surface area contributed by atoms with Crippen molar-refractivity contribution in [3.05, 3.63) is 58.1 Å². The third-order valence-electron chi connectivity index (χ3n) is 6.17. The van der Waals surface area contributed by atoms with E-state index in [-0.39, 0.29) is 11.3 Å². The molecule has 0 aromatic heterocycles. The van der Waals surface area contributed by atoms with Gasteiger partial charge < -0.3 is 34.6 Å². The van der Waals surface area contributed by atoms with Crippen LogP contribution in [-0.4, -0.2) is 64.9 Å². The van der Waals surface area contributed by atoms with Crippen LogP contribution in [0.1, 0.15) is 33.9 Å². The van der Waals surface area contributed by atoms with Crippen molar-refractivity contribution in [3.8, 4) is 11.5 Å². The molecule has 1 aliphatic heterocycles. The Morgan fingerprint density at radius 3 is 2.27 bits per heavy atom. The molecule has 7 nitrogen and oxygen atoms in total. The maximum absolute atomic E-state index is 13.1. The van der Waals surface area contributed by atoms with Crippen molar-refractivity contribution >= 4 is 0 Å². The van der Waals surface area contributed by atoms with Crippen molar-refractivity contribution in [2.45, 2.75) is 56.1 Å². The highest BCUT2D eigenvalue weighted by molar-refractivity contribution is 5.51. The Labute approximate surface area is 188 Å². The van der Waals surface area contributed by atoms with E-state index >= 15 is 0 Å². The molecule has 2 aromatic rings. The first kappa shape index (κ1) is 23.8. The van der Waals surface area contributed by atoms with E-state index < -0.39 is 49.2 Å². The van der Waals surface area contributed by atoms with Crippen LogP contribution < -0.4 is 9.47 Å². The molecular formula is C23H25F3O7. The van der Waals surface area contributed by atoms with Crippen LogP contribution in [0.15, 0.2) is 30.3 Å². The molecule has 2 aliphatic rings. The van der Waals surface area contributed by atoms with Crippen LogP contribution in [0.5, 0.6) is 11.5 Å². The third kappa shape index (κ3) is 4.80. The highest BCUT2D eigenvalue weighted by Gasteiger charge is 2.46. The van der Waals surface area contributed by atoms with Crippen LogP contribution in [0.3, 0.4) is 0 Å². The molecule has 0 unspecified atom stereocenters. The van der Waals surface area contributed by atoms with Crippen molar-refractivity contribution in [1.82, 2.24) is 0 Å². The number of aryl methyl sites for hydroxylation is 2. The first-order valence-electron chi connectivity index (χ1n) is 10.5. The predicted molar refractivity (Wildman–Crippen MR) is 109 cm³/mol. The van der Waals surface area contributed by atoms with Crippen molar-refractivity contribution in [3.63, 3.8) is 0 Å². The van der Waals surface area contributed by atoms with Gasteiger partial charge in [-0.2, -0.15) is 0 Å². The molecule has 5 atom stereocenters. The van der Waals surface area contributed by atoms with E-state index in [4.69, 9.17) is 9.47 Å². The molecule has 0 radical (unpaired) electrons. The molecule has 2 aromatic carbocycles. The third-order valence-corrected chi connectivity index (χ3v) is 6.17. The van der Waals surface area contributed by atoms with Gasteiger partial charge in [0.25, 0.3) is 0 Å². The lowest BCUT2D eigenvalue weighted by molar-refractivity contribution is -0.276. The van der Waals surface area contributed by atoms with E-state index in [0.717, 1.165) is 24.5 Å². The zero-order valence-electron chi connectivity index (χ0n) is 17.7. The lowest BCUT2D eigenvalue weighted by Crippen LogP contribution is -2.55. The molecule has 0 spiro atoms. The van der Waals surface area contributed by atoms with E-state index in [1.165, 1.54) is 24.3 Å². The summed E-state index contributed by atoms with van der Waals surface area (Å²) in [5.74, 6) is -0.533. The Kier molecular flexibility index (Phi) is 6.56. The van der Waals surface area contributed by atoms with Gasteiger partial charge in [0.2, 0.25) is 0 Å². The van der Waals surface area contributed by atoms with Gasteiger partial charge in [-0.15, -0.1) is 13.2 Å². The standard InChI is InChI=1S/C23H25F3O7/c1-31-16-9-17(33-23(24,25)26)15(22-21(30)20(29)19(28)18(10-27)32-22)8-14(16)7-11-2-3-12-4-5-13(12)6-11/h2-3,6,8-9,18-22,27-30H,4-5,7,10H2,1H3/t18-,19-,20+,21-,22+/m1/s1. The molecule has 1 saturated heterocycles. The van der Waals surface area contributed by atoms with E-state index in [2.05, 4.69) is 4.74 Å². The number of ether oxygens (including phenoxy) is 3. The monoisotopic (exact) mass is 470 g/mol. The summed E-state index contributed by atoms with van der Waals surface area (Å²) in [7, 11) is 1.32. The van der Waals surface area contributed by atoms with Gasteiger partial charge in [0.15, 0.2) is 0 Å². The Morgan fingerprint density at radius 1 is 0.970 bits per heavy atom. The van der Waals surface area contributed by atoms with E-state index in [1.54, 1.807) is 0 Å². The number of aliphatic hydroxyl groups excluding tert-OH is 4. The highest BCUT2D eigenvalue weighted by atomic mass is 19.4. The summed E-state index contributed by atoms with van der Waals surface area (Å²) in [5.41, 5.74) is 3.73. The largest absolute Gasteiger partial charge is 0.573 e. The maximum atomic E-state index is 13.1. The molecule has 4 N–H and O–H groups in total. The van der Waals surface area contributed by atoms with Gasteiger partial charge in [-0.3, -0.25) is 0 Å².